The highest BCUT2D eigenvalue weighted by Crippen LogP contribution is 2.35. The number of fused-ring (bicyclic) bond motifs is 2. The molecule has 1 heterocycles. The van der Waals surface area contributed by atoms with Crippen molar-refractivity contribution in [2.24, 2.45) is 0 Å². The molecule has 0 atom stereocenters. The summed E-state index contributed by atoms with van der Waals surface area (Å²) in [6.07, 6.45) is 4.48. The maximum atomic E-state index is 6.24. The summed E-state index contributed by atoms with van der Waals surface area (Å²) < 4.78 is 0. The molecule has 1 aliphatic carbocycles. The summed E-state index contributed by atoms with van der Waals surface area (Å²) in [6, 6.07) is 3.66. The number of hydrogen-bond donors (Lipinski definition) is 0. The first kappa shape index (κ1) is 12.5. The Morgan fingerprint density at radius 2 is 1.89 bits per heavy atom. The van der Waals surface area contributed by atoms with Crippen LogP contribution < -0.4 is 0 Å². The van der Waals surface area contributed by atoms with E-state index in [9.17, 15) is 0 Å². The van der Waals surface area contributed by atoms with E-state index in [2.05, 4.69) is 0 Å². The van der Waals surface area contributed by atoms with Crippen molar-refractivity contribution in [1.29, 1.82) is 0 Å². The highest BCUT2D eigenvalue weighted by Gasteiger charge is 2.19. The Bertz CT molecular complexity index is 622. The molecule has 2 aromatic rings. The highest BCUT2D eigenvalue weighted by molar-refractivity contribution is 6.38. The quantitative estimate of drug-likeness (QED) is 0.663. The molecule has 0 saturated heterocycles. The molecule has 0 unspecified atom stereocenters. The van der Waals surface area contributed by atoms with Crippen LogP contribution in [0.4, 0.5) is 0 Å². The van der Waals surface area contributed by atoms with Crippen LogP contribution in [-0.4, -0.2) is 4.98 Å². The molecule has 4 heteroatoms. The first-order valence-electron chi connectivity index (χ1n) is 6.06. The van der Waals surface area contributed by atoms with Gasteiger partial charge in [-0.25, -0.2) is 0 Å². The Morgan fingerprint density at radius 3 is 2.67 bits per heavy atom. The standard InChI is InChI=1S/C14H12Cl3N/c15-7-11-9-3-1-2-4-13(9)18-14-10(11)5-8(16)6-12(14)17/h5-6H,1-4,7H2. The molecule has 1 nitrogen and oxygen atoms in total. The van der Waals surface area contributed by atoms with Gasteiger partial charge in [-0.05, 0) is 48.9 Å². The number of halogens is 3. The van der Waals surface area contributed by atoms with Crippen molar-refractivity contribution in [3.8, 4) is 0 Å². The van der Waals surface area contributed by atoms with Gasteiger partial charge in [0.15, 0.2) is 0 Å². The molecule has 1 aliphatic rings. The minimum absolute atomic E-state index is 0.484. The number of aryl methyl sites for hydroxylation is 1. The molecule has 0 amide bonds. The molecular formula is C14H12Cl3N. The largest absolute Gasteiger partial charge is 0.251 e. The number of hydrogen-bond acceptors (Lipinski definition) is 1. The normalized spacial score (nSPS) is 14.8. The first-order valence-corrected chi connectivity index (χ1v) is 7.35. The molecule has 0 bridgehead atoms. The summed E-state index contributed by atoms with van der Waals surface area (Å²) in [5.74, 6) is 0.484. The van der Waals surface area contributed by atoms with Gasteiger partial charge in [0.1, 0.15) is 0 Å². The van der Waals surface area contributed by atoms with Crippen molar-refractivity contribution in [2.75, 3.05) is 0 Å². The second-order valence-electron chi connectivity index (χ2n) is 4.64. The predicted octanol–water partition coefficient (Wildman–Crippen LogP) is 5.16. The highest BCUT2D eigenvalue weighted by atomic mass is 35.5. The number of alkyl halides is 1. The van der Waals surface area contributed by atoms with Gasteiger partial charge in [-0.15, -0.1) is 11.6 Å². The molecule has 0 N–H and O–H groups in total. The van der Waals surface area contributed by atoms with Gasteiger partial charge in [0.2, 0.25) is 0 Å². The monoisotopic (exact) mass is 299 g/mol. The topological polar surface area (TPSA) is 12.9 Å². The maximum Gasteiger partial charge on any atom is 0.0895 e. The number of rotatable bonds is 1. The van der Waals surface area contributed by atoms with Crippen LogP contribution in [0.25, 0.3) is 10.9 Å². The molecule has 94 valence electrons. The minimum atomic E-state index is 0.484. The lowest BCUT2D eigenvalue weighted by atomic mass is 9.90. The second-order valence-corrected chi connectivity index (χ2v) is 5.75. The molecule has 1 aromatic carbocycles. The molecule has 3 rings (SSSR count). The average molecular weight is 301 g/mol. The molecular weight excluding hydrogens is 289 g/mol. The number of nitrogens with zero attached hydrogens (tertiary/aromatic N) is 1. The van der Waals surface area contributed by atoms with Gasteiger partial charge >= 0.3 is 0 Å². The van der Waals surface area contributed by atoms with E-state index in [0.29, 0.717) is 15.9 Å². The molecule has 0 saturated carbocycles. The van der Waals surface area contributed by atoms with Gasteiger partial charge in [-0.1, -0.05) is 23.2 Å². The first-order chi connectivity index (χ1) is 8.70. The van der Waals surface area contributed by atoms with Crippen LogP contribution >= 0.6 is 34.8 Å². The zero-order chi connectivity index (χ0) is 12.7. The van der Waals surface area contributed by atoms with Crippen LogP contribution in [0.5, 0.6) is 0 Å². The molecule has 0 fully saturated rings. The third-order valence-electron chi connectivity index (χ3n) is 3.54. The van der Waals surface area contributed by atoms with Gasteiger partial charge in [-0.2, -0.15) is 0 Å². The van der Waals surface area contributed by atoms with Crippen LogP contribution in [0.1, 0.15) is 29.7 Å². The van der Waals surface area contributed by atoms with E-state index in [-0.39, 0.29) is 0 Å². The van der Waals surface area contributed by atoms with Crippen molar-refractivity contribution >= 4 is 45.7 Å². The zero-order valence-corrected chi connectivity index (χ0v) is 12.0. The van der Waals surface area contributed by atoms with Crippen molar-refractivity contribution in [3.05, 3.63) is 39.0 Å². The smallest absolute Gasteiger partial charge is 0.0895 e. The number of pyridine rings is 1. The van der Waals surface area contributed by atoms with Gasteiger partial charge in [-0.3, -0.25) is 4.98 Å². The van der Waals surface area contributed by atoms with Gasteiger partial charge < -0.3 is 0 Å². The Balaban J connectivity index is 2.40. The van der Waals surface area contributed by atoms with E-state index in [1.165, 1.54) is 18.4 Å². The lowest BCUT2D eigenvalue weighted by Crippen LogP contribution is -2.09. The van der Waals surface area contributed by atoms with E-state index in [1.807, 2.05) is 6.07 Å². The molecule has 0 radical (unpaired) electrons. The zero-order valence-electron chi connectivity index (χ0n) is 9.77. The van der Waals surface area contributed by atoms with Crippen LogP contribution in [-0.2, 0) is 18.7 Å². The van der Waals surface area contributed by atoms with E-state index >= 15 is 0 Å². The summed E-state index contributed by atoms with van der Waals surface area (Å²) in [5.41, 5.74) is 4.45. The van der Waals surface area contributed by atoms with Crippen LogP contribution in [0, 0.1) is 0 Å². The third-order valence-corrected chi connectivity index (χ3v) is 4.31. The summed E-state index contributed by atoms with van der Waals surface area (Å²) >= 11 is 18.5. The lowest BCUT2D eigenvalue weighted by Gasteiger charge is -2.20. The molecule has 0 aliphatic heterocycles. The summed E-state index contributed by atoms with van der Waals surface area (Å²) in [6.45, 7) is 0. The number of aromatic nitrogens is 1. The van der Waals surface area contributed by atoms with Crippen molar-refractivity contribution in [3.63, 3.8) is 0 Å². The van der Waals surface area contributed by atoms with E-state index in [4.69, 9.17) is 39.8 Å². The van der Waals surface area contributed by atoms with Crippen LogP contribution in [0.15, 0.2) is 12.1 Å². The van der Waals surface area contributed by atoms with Crippen molar-refractivity contribution in [1.82, 2.24) is 4.98 Å². The van der Waals surface area contributed by atoms with Gasteiger partial charge in [0.25, 0.3) is 0 Å². The summed E-state index contributed by atoms with van der Waals surface area (Å²) in [4.78, 5) is 4.72. The van der Waals surface area contributed by atoms with Crippen LogP contribution in [0.2, 0.25) is 10.0 Å². The fourth-order valence-corrected chi connectivity index (χ4v) is 3.54. The van der Waals surface area contributed by atoms with Gasteiger partial charge in [0, 0.05) is 22.0 Å². The fourth-order valence-electron chi connectivity index (χ4n) is 2.70. The van der Waals surface area contributed by atoms with E-state index in [0.717, 1.165) is 35.0 Å². The SMILES string of the molecule is ClCc1c2c(nc3c(Cl)cc(Cl)cc13)CCCC2. The molecule has 0 spiro atoms. The van der Waals surface area contributed by atoms with Crippen molar-refractivity contribution in [2.45, 2.75) is 31.6 Å². The Kier molecular flexibility index (Phi) is 3.40. The summed E-state index contributed by atoms with van der Waals surface area (Å²) in [5, 5.41) is 2.25. The Morgan fingerprint density at radius 1 is 1.11 bits per heavy atom. The predicted molar refractivity (Wildman–Crippen MR) is 78.0 cm³/mol. The summed E-state index contributed by atoms with van der Waals surface area (Å²) in [7, 11) is 0. The number of benzene rings is 1. The minimum Gasteiger partial charge on any atom is -0.251 e. The molecule has 18 heavy (non-hydrogen) atoms. The van der Waals surface area contributed by atoms with Gasteiger partial charge in [0.05, 0.1) is 10.5 Å². The second kappa shape index (κ2) is 4.88. The van der Waals surface area contributed by atoms with E-state index in [1.54, 1.807) is 6.07 Å². The van der Waals surface area contributed by atoms with Crippen LogP contribution in [0.3, 0.4) is 0 Å². The lowest BCUT2D eigenvalue weighted by molar-refractivity contribution is 0.667. The third kappa shape index (κ3) is 1.99. The molecule has 1 aromatic heterocycles. The fraction of sp³-hybridized carbons (Fsp3) is 0.357. The Hall–Kier alpha value is -0.500. The van der Waals surface area contributed by atoms with E-state index < -0.39 is 0 Å². The average Bonchev–Trinajstić information content (AvgIpc) is 2.36. The maximum absolute atomic E-state index is 6.24. The van der Waals surface area contributed by atoms with Crippen molar-refractivity contribution < 1.29 is 0 Å². The Labute approximate surface area is 121 Å².